The molecular weight excluding hydrogens is 379 g/mol. The summed E-state index contributed by atoms with van der Waals surface area (Å²) >= 11 is 1.46. The Morgan fingerprint density at radius 1 is 1.14 bits per heavy atom. The highest BCUT2D eigenvalue weighted by Gasteiger charge is 2.30. The third-order valence-electron chi connectivity index (χ3n) is 4.45. The smallest absolute Gasteiger partial charge is 0.321 e. The second kappa shape index (κ2) is 7.77. The number of anilines is 2. The number of rotatable bonds is 5. The Labute approximate surface area is 165 Å². The molecule has 1 saturated heterocycles. The fourth-order valence-corrected chi connectivity index (χ4v) is 3.60. The Morgan fingerprint density at radius 2 is 1.96 bits per heavy atom. The zero-order chi connectivity index (χ0) is 19.5. The van der Waals surface area contributed by atoms with E-state index in [9.17, 15) is 14.0 Å². The molecule has 8 heteroatoms. The Morgan fingerprint density at radius 3 is 2.64 bits per heavy atom. The van der Waals surface area contributed by atoms with Crippen LogP contribution >= 0.6 is 11.3 Å². The highest BCUT2D eigenvalue weighted by molar-refractivity contribution is 7.08. The number of nitrogens with one attached hydrogen (secondary N) is 1. The molecule has 3 amide bonds. The maximum absolute atomic E-state index is 13.0. The van der Waals surface area contributed by atoms with Gasteiger partial charge in [-0.1, -0.05) is 12.1 Å². The van der Waals surface area contributed by atoms with Crippen LogP contribution in [0, 0.1) is 5.82 Å². The number of aromatic nitrogens is 1. The molecule has 1 aliphatic rings. The van der Waals surface area contributed by atoms with Gasteiger partial charge in [-0.25, -0.2) is 14.2 Å². The van der Waals surface area contributed by atoms with E-state index < -0.39 is 0 Å². The van der Waals surface area contributed by atoms with Crippen molar-refractivity contribution in [3.8, 4) is 0 Å². The van der Waals surface area contributed by atoms with Crippen LogP contribution in [-0.4, -0.2) is 34.9 Å². The minimum atomic E-state index is -0.298. The summed E-state index contributed by atoms with van der Waals surface area (Å²) in [4.78, 5) is 32.3. The van der Waals surface area contributed by atoms with Crippen LogP contribution in [0.15, 0.2) is 59.4 Å². The number of thiophene rings is 1. The SMILES string of the molecule is O=C(Nc1ccc(N2CCN(Cc3ccc(F)cc3)C2=O)nc1)c1ccsc1. The molecule has 1 N–H and O–H groups in total. The second-order valence-electron chi connectivity index (χ2n) is 6.35. The molecule has 0 radical (unpaired) electrons. The van der Waals surface area contributed by atoms with E-state index >= 15 is 0 Å². The number of benzene rings is 1. The summed E-state index contributed by atoms with van der Waals surface area (Å²) in [6, 6.07) is 11.2. The maximum Gasteiger partial charge on any atom is 0.326 e. The summed E-state index contributed by atoms with van der Waals surface area (Å²) in [6.45, 7) is 1.51. The molecule has 4 rings (SSSR count). The number of pyridine rings is 1. The van der Waals surface area contributed by atoms with Gasteiger partial charge >= 0.3 is 6.03 Å². The monoisotopic (exact) mass is 396 g/mol. The van der Waals surface area contributed by atoms with Crippen molar-refractivity contribution in [1.82, 2.24) is 9.88 Å². The predicted molar refractivity (Wildman–Crippen MR) is 106 cm³/mol. The summed E-state index contributed by atoms with van der Waals surface area (Å²) < 4.78 is 13.0. The fourth-order valence-electron chi connectivity index (χ4n) is 2.97. The lowest BCUT2D eigenvalue weighted by Crippen LogP contribution is -2.31. The quantitative estimate of drug-likeness (QED) is 0.710. The van der Waals surface area contributed by atoms with Crippen molar-refractivity contribution in [1.29, 1.82) is 0 Å². The lowest BCUT2D eigenvalue weighted by molar-refractivity contribution is 0.102. The molecule has 1 fully saturated rings. The average molecular weight is 396 g/mol. The number of hydrogen-bond acceptors (Lipinski definition) is 4. The number of amides is 3. The first-order valence-corrected chi connectivity index (χ1v) is 9.65. The van der Waals surface area contributed by atoms with Gasteiger partial charge in [0.15, 0.2) is 0 Å². The molecule has 0 atom stereocenters. The van der Waals surface area contributed by atoms with E-state index in [1.165, 1.54) is 29.7 Å². The van der Waals surface area contributed by atoms with Gasteiger partial charge < -0.3 is 10.2 Å². The molecule has 6 nitrogen and oxygen atoms in total. The largest absolute Gasteiger partial charge is 0.326 e. The van der Waals surface area contributed by atoms with Crippen molar-refractivity contribution in [2.24, 2.45) is 0 Å². The van der Waals surface area contributed by atoms with Gasteiger partial charge in [0.1, 0.15) is 11.6 Å². The molecule has 0 saturated carbocycles. The third-order valence-corrected chi connectivity index (χ3v) is 5.13. The van der Waals surface area contributed by atoms with Gasteiger partial charge in [-0.05, 0) is 41.3 Å². The van der Waals surface area contributed by atoms with Gasteiger partial charge in [0.25, 0.3) is 5.91 Å². The Kier molecular flexibility index (Phi) is 5.03. The zero-order valence-corrected chi connectivity index (χ0v) is 15.7. The molecule has 3 aromatic rings. The molecule has 1 aromatic carbocycles. The van der Waals surface area contributed by atoms with Crippen molar-refractivity contribution in [2.75, 3.05) is 23.3 Å². The molecule has 3 heterocycles. The fraction of sp³-hybridized carbons (Fsp3) is 0.150. The van der Waals surface area contributed by atoms with Crippen molar-refractivity contribution < 1.29 is 14.0 Å². The molecule has 0 unspecified atom stereocenters. The molecule has 0 aliphatic carbocycles. The highest BCUT2D eigenvalue weighted by Crippen LogP contribution is 2.21. The highest BCUT2D eigenvalue weighted by atomic mass is 32.1. The Hall–Kier alpha value is -3.26. The predicted octanol–water partition coefficient (Wildman–Crippen LogP) is 3.98. The summed E-state index contributed by atoms with van der Waals surface area (Å²) in [6.07, 6.45) is 1.54. The molecule has 0 bridgehead atoms. The number of urea groups is 1. The van der Waals surface area contributed by atoms with Gasteiger partial charge in [-0.3, -0.25) is 9.69 Å². The van der Waals surface area contributed by atoms with E-state index in [2.05, 4.69) is 10.3 Å². The lowest BCUT2D eigenvalue weighted by atomic mass is 10.2. The van der Waals surface area contributed by atoms with Gasteiger partial charge in [-0.2, -0.15) is 11.3 Å². The van der Waals surface area contributed by atoms with Crippen molar-refractivity contribution >= 4 is 34.8 Å². The van der Waals surface area contributed by atoms with Crippen LogP contribution in [0.3, 0.4) is 0 Å². The summed E-state index contributed by atoms with van der Waals surface area (Å²) in [5, 5.41) is 6.39. The standard InChI is InChI=1S/C20H17FN4O2S/c21-16-3-1-14(2-4-16)12-24-8-9-25(20(24)27)18-6-5-17(11-22-18)23-19(26)15-7-10-28-13-15/h1-7,10-11,13H,8-9,12H2,(H,23,26). The van der Waals surface area contributed by atoms with Gasteiger partial charge in [0.2, 0.25) is 0 Å². The minimum Gasteiger partial charge on any atom is -0.321 e. The van der Waals surface area contributed by atoms with Crippen molar-refractivity contribution in [3.63, 3.8) is 0 Å². The third kappa shape index (κ3) is 3.86. The first-order valence-electron chi connectivity index (χ1n) is 8.70. The van der Waals surface area contributed by atoms with E-state index in [4.69, 9.17) is 0 Å². The number of carbonyl (C=O) groups excluding carboxylic acids is 2. The number of halogens is 1. The van der Waals surface area contributed by atoms with Crippen LogP contribution < -0.4 is 10.2 Å². The number of hydrogen-bond donors (Lipinski definition) is 1. The number of carbonyl (C=O) groups is 2. The molecule has 0 spiro atoms. The van der Waals surface area contributed by atoms with Crippen LogP contribution in [0.25, 0.3) is 0 Å². The Balaban J connectivity index is 1.39. The second-order valence-corrected chi connectivity index (χ2v) is 7.13. The van der Waals surface area contributed by atoms with Crippen molar-refractivity contribution in [3.05, 3.63) is 76.4 Å². The van der Waals surface area contributed by atoms with Crippen LogP contribution in [0.2, 0.25) is 0 Å². The molecular formula is C20H17FN4O2S. The normalized spacial score (nSPS) is 13.8. The molecule has 1 aliphatic heterocycles. The van der Waals surface area contributed by atoms with E-state index in [0.717, 1.165) is 5.56 Å². The van der Waals surface area contributed by atoms with Crippen LogP contribution in [-0.2, 0) is 6.54 Å². The summed E-state index contributed by atoms with van der Waals surface area (Å²) in [7, 11) is 0. The summed E-state index contributed by atoms with van der Waals surface area (Å²) in [5.41, 5.74) is 2.03. The van der Waals surface area contributed by atoms with Crippen LogP contribution in [0.5, 0.6) is 0 Å². The summed E-state index contributed by atoms with van der Waals surface area (Å²) in [5.74, 6) is 0.0344. The van der Waals surface area contributed by atoms with Gasteiger partial charge in [0, 0.05) is 25.0 Å². The van der Waals surface area contributed by atoms with Gasteiger partial charge in [-0.15, -0.1) is 0 Å². The van der Waals surface area contributed by atoms with Crippen molar-refractivity contribution in [2.45, 2.75) is 6.54 Å². The van der Waals surface area contributed by atoms with Gasteiger partial charge in [0.05, 0.1) is 17.4 Å². The Bertz CT molecular complexity index is 974. The molecule has 142 valence electrons. The molecule has 28 heavy (non-hydrogen) atoms. The first kappa shape index (κ1) is 18.1. The van der Waals surface area contributed by atoms with E-state index in [0.29, 0.717) is 36.7 Å². The molecule has 2 aromatic heterocycles. The van der Waals surface area contributed by atoms with Crippen LogP contribution in [0.4, 0.5) is 20.7 Å². The topological polar surface area (TPSA) is 65.5 Å². The zero-order valence-electron chi connectivity index (χ0n) is 14.8. The first-order chi connectivity index (χ1) is 13.6. The van der Waals surface area contributed by atoms with E-state index in [1.54, 1.807) is 45.5 Å². The van der Waals surface area contributed by atoms with E-state index in [-0.39, 0.29) is 17.8 Å². The number of nitrogens with zero attached hydrogens (tertiary/aromatic N) is 3. The average Bonchev–Trinajstić information content (AvgIpc) is 3.35. The maximum atomic E-state index is 13.0. The van der Waals surface area contributed by atoms with E-state index in [1.807, 2.05) is 5.38 Å². The van der Waals surface area contributed by atoms with Crippen LogP contribution in [0.1, 0.15) is 15.9 Å². The lowest BCUT2D eigenvalue weighted by Gasteiger charge is -2.18. The minimum absolute atomic E-state index is 0.146.